The molecule has 2 aromatic rings. The fourth-order valence-corrected chi connectivity index (χ4v) is 1.84. The van der Waals surface area contributed by atoms with Gasteiger partial charge in [-0.15, -0.1) is 0 Å². The van der Waals surface area contributed by atoms with E-state index in [4.69, 9.17) is 22.7 Å². The fourth-order valence-electron chi connectivity index (χ4n) is 1.73. The Morgan fingerprint density at radius 1 is 1.40 bits per heavy atom. The highest BCUT2D eigenvalue weighted by Gasteiger charge is 2.01. The molecule has 3 N–H and O–H groups in total. The van der Waals surface area contributed by atoms with Crippen molar-refractivity contribution in [1.82, 2.24) is 9.97 Å². The molecule has 1 aromatic heterocycles. The van der Waals surface area contributed by atoms with Gasteiger partial charge in [0.15, 0.2) is 0 Å². The molecule has 0 fully saturated rings. The Balaban J connectivity index is 1.92. The van der Waals surface area contributed by atoms with E-state index in [0.29, 0.717) is 18.2 Å². The highest BCUT2D eigenvalue weighted by molar-refractivity contribution is 7.80. The van der Waals surface area contributed by atoms with E-state index < -0.39 is 0 Å². The summed E-state index contributed by atoms with van der Waals surface area (Å²) in [7, 11) is 1.66. The number of thiocarbonyl (C=S) groups is 1. The Hall–Kier alpha value is -2.21. The number of ether oxygens (including phenoxy) is 1. The number of nitrogens with one attached hydrogen (secondary N) is 1. The summed E-state index contributed by atoms with van der Waals surface area (Å²) < 4.78 is 5.19. The van der Waals surface area contributed by atoms with Crippen LogP contribution in [-0.4, -0.2) is 28.6 Å². The SMILES string of the molecule is COc1cccc(CCNc2nccc(C(N)=S)n2)c1. The number of benzene rings is 1. The third kappa shape index (κ3) is 3.89. The van der Waals surface area contributed by atoms with Gasteiger partial charge in [-0.1, -0.05) is 24.4 Å². The zero-order valence-corrected chi connectivity index (χ0v) is 12.0. The third-order valence-electron chi connectivity index (χ3n) is 2.74. The van der Waals surface area contributed by atoms with Crippen LogP contribution in [0.1, 0.15) is 11.3 Å². The molecule has 0 radical (unpaired) electrons. The Labute approximate surface area is 123 Å². The highest BCUT2D eigenvalue weighted by Crippen LogP contribution is 2.13. The first-order chi connectivity index (χ1) is 9.69. The van der Waals surface area contributed by atoms with Crippen LogP contribution in [0, 0.1) is 0 Å². The van der Waals surface area contributed by atoms with Gasteiger partial charge >= 0.3 is 0 Å². The Kier molecular flexibility index (Phi) is 4.84. The second kappa shape index (κ2) is 6.81. The summed E-state index contributed by atoms with van der Waals surface area (Å²) in [5, 5.41) is 3.15. The monoisotopic (exact) mass is 288 g/mol. The predicted octanol–water partition coefficient (Wildman–Crippen LogP) is 1.77. The predicted molar refractivity (Wildman–Crippen MR) is 83.1 cm³/mol. The van der Waals surface area contributed by atoms with Gasteiger partial charge in [0.05, 0.1) is 7.11 Å². The van der Waals surface area contributed by atoms with E-state index in [1.54, 1.807) is 19.4 Å². The molecule has 0 unspecified atom stereocenters. The molecule has 1 aromatic carbocycles. The van der Waals surface area contributed by atoms with Gasteiger partial charge in [-0.2, -0.15) is 0 Å². The molecule has 20 heavy (non-hydrogen) atoms. The quantitative estimate of drug-likeness (QED) is 0.789. The Morgan fingerprint density at radius 2 is 2.25 bits per heavy atom. The number of methoxy groups -OCH3 is 1. The van der Waals surface area contributed by atoms with Crippen molar-refractivity contribution in [2.24, 2.45) is 5.73 Å². The van der Waals surface area contributed by atoms with Crippen molar-refractivity contribution < 1.29 is 4.74 Å². The third-order valence-corrected chi connectivity index (χ3v) is 2.95. The molecule has 5 nitrogen and oxygen atoms in total. The molecule has 0 saturated heterocycles. The minimum atomic E-state index is 0.267. The van der Waals surface area contributed by atoms with E-state index in [9.17, 15) is 0 Å². The Bertz CT molecular complexity index is 603. The largest absolute Gasteiger partial charge is 0.497 e. The zero-order valence-electron chi connectivity index (χ0n) is 11.2. The smallest absolute Gasteiger partial charge is 0.223 e. The number of rotatable bonds is 6. The highest BCUT2D eigenvalue weighted by atomic mass is 32.1. The van der Waals surface area contributed by atoms with E-state index in [1.807, 2.05) is 18.2 Å². The van der Waals surface area contributed by atoms with E-state index in [0.717, 1.165) is 12.2 Å². The number of anilines is 1. The van der Waals surface area contributed by atoms with Crippen LogP contribution in [0.15, 0.2) is 36.5 Å². The Morgan fingerprint density at radius 3 is 3.00 bits per heavy atom. The molecule has 0 aliphatic rings. The topological polar surface area (TPSA) is 73.1 Å². The van der Waals surface area contributed by atoms with Crippen molar-refractivity contribution in [3.8, 4) is 5.75 Å². The average molecular weight is 288 g/mol. The first-order valence-electron chi connectivity index (χ1n) is 6.18. The van der Waals surface area contributed by atoms with E-state index >= 15 is 0 Å². The van der Waals surface area contributed by atoms with Crippen molar-refractivity contribution >= 4 is 23.2 Å². The fraction of sp³-hybridized carbons (Fsp3) is 0.214. The van der Waals surface area contributed by atoms with Gasteiger partial charge in [0, 0.05) is 12.7 Å². The molecule has 0 aliphatic heterocycles. The van der Waals surface area contributed by atoms with E-state index in [-0.39, 0.29) is 4.99 Å². The maximum absolute atomic E-state index is 5.53. The zero-order chi connectivity index (χ0) is 14.4. The normalized spacial score (nSPS) is 10.1. The van der Waals surface area contributed by atoms with Gasteiger partial charge in [-0.05, 0) is 30.2 Å². The summed E-state index contributed by atoms with van der Waals surface area (Å²) in [5.74, 6) is 1.38. The molecule has 6 heteroatoms. The summed E-state index contributed by atoms with van der Waals surface area (Å²) in [6, 6.07) is 9.64. The average Bonchev–Trinajstić information content (AvgIpc) is 2.48. The van der Waals surface area contributed by atoms with Crippen LogP contribution in [0.3, 0.4) is 0 Å². The van der Waals surface area contributed by atoms with Crippen molar-refractivity contribution in [2.75, 3.05) is 19.0 Å². The van der Waals surface area contributed by atoms with Gasteiger partial charge in [0.1, 0.15) is 16.4 Å². The molecule has 104 valence electrons. The van der Waals surface area contributed by atoms with Crippen LogP contribution < -0.4 is 15.8 Å². The lowest BCUT2D eigenvalue weighted by molar-refractivity contribution is 0.414. The summed E-state index contributed by atoms with van der Waals surface area (Å²) in [6.45, 7) is 0.716. The second-order valence-corrected chi connectivity index (χ2v) is 4.60. The summed E-state index contributed by atoms with van der Waals surface area (Å²) in [6.07, 6.45) is 2.48. The molecule has 0 atom stereocenters. The molecule has 0 aliphatic carbocycles. The van der Waals surface area contributed by atoms with Crippen LogP contribution in [0.5, 0.6) is 5.75 Å². The molecule has 0 saturated carbocycles. The minimum absolute atomic E-state index is 0.267. The second-order valence-electron chi connectivity index (χ2n) is 4.16. The number of nitrogens with zero attached hydrogens (tertiary/aromatic N) is 2. The molecule has 0 amide bonds. The summed E-state index contributed by atoms with van der Waals surface area (Å²) >= 11 is 4.88. The van der Waals surface area contributed by atoms with Crippen molar-refractivity contribution in [3.05, 3.63) is 47.8 Å². The molecular formula is C14H16N4OS. The lowest BCUT2D eigenvalue weighted by atomic mass is 10.1. The van der Waals surface area contributed by atoms with Crippen LogP contribution in [0.25, 0.3) is 0 Å². The lowest BCUT2D eigenvalue weighted by Gasteiger charge is -2.07. The van der Waals surface area contributed by atoms with Crippen LogP contribution in [0.4, 0.5) is 5.95 Å². The summed E-state index contributed by atoms with van der Waals surface area (Å²) in [5.41, 5.74) is 7.28. The standard InChI is InChI=1S/C14H16N4OS/c1-19-11-4-2-3-10(9-11)5-7-16-14-17-8-6-12(18-14)13(15)20/h2-4,6,8-9H,5,7H2,1H3,(H2,15,20)(H,16,17,18). The van der Waals surface area contributed by atoms with Gasteiger partial charge in [-0.3, -0.25) is 0 Å². The van der Waals surface area contributed by atoms with Gasteiger partial charge in [0.2, 0.25) is 5.95 Å². The van der Waals surface area contributed by atoms with Crippen LogP contribution >= 0.6 is 12.2 Å². The maximum Gasteiger partial charge on any atom is 0.223 e. The van der Waals surface area contributed by atoms with Crippen LogP contribution in [-0.2, 0) is 6.42 Å². The van der Waals surface area contributed by atoms with Crippen LogP contribution in [0.2, 0.25) is 0 Å². The molecule has 1 heterocycles. The van der Waals surface area contributed by atoms with Crippen molar-refractivity contribution in [1.29, 1.82) is 0 Å². The number of hydrogen-bond acceptors (Lipinski definition) is 5. The van der Waals surface area contributed by atoms with Gasteiger partial charge in [0.25, 0.3) is 0 Å². The number of nitrogens with two attached hydrogens (primary N) is 1. The van der Waals surface area contributed by atoms with Crippen molar-refractivity contribution in [3.63, 3.8) is 0 Å². The lowest BCUT2D eigenvalue weighted by Crippen LogP contribution is -2.14. The van der Waals surface area contributed by atoms with E-state index in [2.05, 4.69) is 21.4 Å². The molecule has 0 bridgehead atoms. The number of hydrogen-bond donors (Lipinski definition) is 2. The first-order valence-corrected chi connectivity index (χ1v) is 6.59. The molecule has 2 rings (SSSR count). The van der Waals surface area contributed by atoms with Crippen molar-refractivity contribution in [2.45, 2.75) is 6.42 Å². The maximum atomic E-state index is 5.53. The van der Waals surface area contributed by atoms with Gasteiger partial charge < -0.3 is 15.8 Å². The molecular weight excluding hydrogens is 272 g/mol. The van der Waals surface area contributed by atoms with E-state index in [1.165, 1.54) is 5.56 Å². The summed E-state index contributed by atoms with van der Waals surface area (Å²) in [4.78, 5) is 8.62. The number of aromatic nitrogens is 2. The first kappa shape index (κ1) is 14.2. The molecule has 0 spiro atoms. The van der Waals surface area contributed by atoms with Gasteiger partial charge in [-0.25, -0.2) is 9.97 Å². The minimum Gasteiger partial charge on any atom is -0.497 e.